The highest BCUT2D eigenvalue weighted by Crippen LogP contribution is 2.34. The third-order valence-electron chi connectivity index (χ3n) is 2.88. The molecule has 0 saturated heterocycles. The number of nitrogen functional groups attached to an aromatic ring is 1. The lowest BCUT2D eigenvalue weighted by atomic mass is 10.2. The number of hydrogen-bond donors (Lipinski definition) is 3. The number of nitrogens with zero attached hydrogens (tertiary/aromatic N) is 1. The monoisotopic (exact) mass is 284 g/mol. The van der Waals surface area contributed by atoms with Gasteiger partial charge in [0.2, 0.25) is 5.91 Å². The highest BCUT2D eigenvalue weighted by molar-refractivity contribution is 7.99. The molecular formula is C14H12N4OS. The Morgan fingerprint density at radius 3 is 2.70 bits per heavy atom. The Balaban J connectivity index is 2.04. The number of hydrogen-bond acceptors (Lipinski definition) is 4. The van der Waals surface area contributed by atoms with E-state index in [0.717, 1.165) is 11.0 Å². The molecular weight excluding hydrogens is 272 g/mol. The quantitative estimate of drug-likeness (QED) is 0.643. The summed E-state index contributed by atoms with van der Waals surface area (Å²) in [6.45, 7) is 0. The molecule has 5 N–H and O–H groups in total. The molecule has 0 bridgehead atoms. The number of nitrogens with two attached hydrogens (primary N) is 2. The number of fused-ring (bicyclic) bond motifs is 1. The predicted octanol–water partition coefficient (Wildman–Crippen LogP) is 2.40. The molecule has 0 unspecified atom stereocenters. The second-order valence-electron chi connectivity index (χ2n) is 4.25. The van der Waals surface area contributed by atoms with Gasteiger partial charge < -0.3 is 16.5 Å². The van der Waals surface area contributed by atoms with Crippen molar-refractivity contribution in [3.05, 3.63) is 48.0 Å². The molecule has 5 nitrogen and oxygen atoms in total. The molecule has 1 heterocycles. The Kier molecular flexibility index (Phi) is 3.08. The van der Waals surface area contributed by atoms with Gasteiger partial charge in [-0.05, 0) is 36.0 Å². The number of H-pyrrole nitrogens is 1. The van der Waals surface area contributed by atoms with Crippen molar-refractivity contribution >= 4 is 34.4 Å². The first kappa shape index (κ1) is 12.6. The third kappa shape index (κ3) is 2.21. The Morgan fingerprint density at radius 2 is 1.95 bits per heavy atom. The number of carbonyl (C=O) groups is 1. The average molecular weight is 284 g/mol. The molecule has 6 heteroatoms. The normalized spacial score (nSPS) is 10.8. The minimum absolute atomic E-state index is 0.399. The van der Waals surface area contributed by atoms with E-state index < -0.39 is 5.91 Å². The van der Waals surface area contributed by atoms with Crippen LogP contribution >= 0.6 is 11.8 Å². The summed E-state index contributed by atoms with van der Waals surface area (Å²) in [7, 11) is 0. The summed E-state index contributed by atoms with van der Waals surface area (Å²) >= 11 is 1.30. The van der Waals surface area contributed by atoms with E-state index >= 15 is 0 Å². The van der Waals surface area contributed by atoms with Crippen molar-refractivity contribution in [3.63, 3.8) is 0 Å². The van der Waals surface area contributed by atoms with E-state index in [0.29, 0.717) is 21.3 Å². The van der Waals surface area contributed by atoms with E-state index in [1.54, 1.807) is 18.2 Å². The van der Waals surface area contributed by atoms with Crippen LogP contribution in [0.15, 0.2) is 52.5 Å². The molecule has 0 radical (unpaired) electrons. The number of rotatable bonds is 3. The van der Waals surface area contributed by atoms with E-state index in [1.165, 1.54) is 11.8 Å². The summed E-state index contributed by atoms with van der Waals surface area (Å²) in [5.74, 6) is -0.504. The van der Waals surface area contributed by atoms with Crippen LogP contribution in [0.5, 0.6) is 0 Å². The Morgan fingerprint density at radius 1 is 1.15 bits per heavy atom. The lowest BCUT2D eigenvalue weighted by Gasteiger charge is -2.07. The number of para-hydroxylation sites is 2. The first-order chi connectivity index (χ1) is 9.65. The van der Waals surface area contributed by atoms with E-state index in [4.69, 9.17) is 11.5 Å². The van der Waals surface area contributed by atoms with Crippen molar-refractivity contribution in [2.75, 3.05) is 5.73 Å². The van der Waals surface area contributed by atoms with Crippen LogP contribution in [0.2, 0.25) is 0 Å². The van der Waals surface area contributed by atoms with Gasteiger partial charge in [0, 0.05) is 5.69 Å². The molecule has 100 valence electrons. The fraction of sp³-hybridized carbons (Fsp3) is 0. The zero-order valence-corrected chi connectivity index (χ0v) is 11.3. The summed E-state index contributed by atoms with van der Waals surface area (Å²) < 4.78 is 0. The molecule has 0 fully saturated rings. The number of benzene rings is 2. The van der Waals surface area contributed by atoms with Crippen molar-refractivity contribution in [1.29, 1.82) is 0 Å². The second-order valence-corrected chi connectivity index (χ2v) is 5.25. The number of anilines is 1. The highest BCUT2D eigenvalue weighted by Gasteiger charge is 2.14. The third-order valence-corrected chi connectivity index (χ3v) is 3.92. The minimum atomic E-state index is -0.504. The van der Waals surface area contributed by atoms with Gasteiger partial charge >= 0.3 is 0 Å². The van der Waals surface area contributed by atoms with Gasteiger partial charge in [0.1, 0.15) is 0 Å². The number of primary amides is 1. The van der Waals surface area contributed by atoms with Gasteiger partial charge in [-0.1, -0.05) is 18.2 Å². The van der Waals surface area contributed by atoms with Crippen molar-refractivity contribution in [2.45, 2.75) is 10.1 Å². The molecule has 0 aliphatic heterocycles. The number of aromatic nitrogens is 2. The minimum Gasteiger partial charge on any atom is -0.398 e. The molecule has 2 aromatic carbocycles. The maximum absolute atomic E-state index is 11.5. The average Bonchev–Trinajstić information content (AvgIpc) is 2.83. The predicted molar refractivity (Wildman–Crippen MR) is 79.6 cm³/mol. The van der Waals surface area contributed by atoms with Crippen LogP contribution in [-0.2, 0) is 0 Å². The number of carbonyl (C=O) groups excluding carboxylic acids is 1. The van der Waals surface area contributed by atoms with E-state index in [-0.39, 0.29) is 0 Å². The smallest absolute Gasteiger partial charge is 0.249 e. The van der Waals surface area contributed by atoms with E-state index in [2.05, 4.69) is 9.97 Å². The molecule has 1 amide bonds. The van der Waals surface area contributed by atoms with Crippen LogP contribution in [0.3, 0.4) is 0 Å². The van der Waals surface area contributed by atoms with Gasteiger partial charge in [0.25, 0.3) is 0 Å². The number of nitrogens with one attached hydrogen (secondary N) is 1. The lowest BCUT2D eigenvalue weighted by molar-refractivity contribution is 0.0997. The summed E-state index contributed by atoms with van der Waals surface area (Å²) in [5.41, 5.74) is 14.0. The highest BCUT2D eigenvalue weighted by atomic mass is 32.2. The molecule has 1 aromatic heterocycles. The molecule has 3 aromatic rings. The number of amides is 1. The van der Waals surface area contributed by atoms with Gasteiger partial charge in [-0.3, -0.25) is 4.79 Å². The van der Waals surface area contributed by atoms with E-state index in [1.807, 2.05) is 24.3 Å². The van der Waals surface area contributed by atoms with Crippen molar-refractivity contribution in [3.8, 4) is 0 Å². The lowest BCUT2D eigenvalue weighted by Crippen LogP contribution is -2.13. The molecule has 0 saturated carbocycles. The Hall–Kier alpha value is -2.47. The van der Waals surface area contributed by atoms with Crippen LogP contribution in [0.25, 0.3) is 11.0 Å². The van der Waals surface area contributed by atoms with Crippen LogP contribution in [0.4, 0.5) is 5.69 Å². The zero-order valence-electron chi connectivity index (χ0n) is 10.5. The molecule has 0 spiro atoms. The SMILES string of the molecule is NC(=O)c1cccc(N)c1Sc1nc2ccccc2[nH]1. The Labute approximate surface area is 119 Å². The summed E-state index contributed by atoms with van der Waals surface area (Å²) in [6, 6.07) is 12.8. The zero-order chi connectivity index (χ0) is 14.1. The van der Waals surface area contributed by atoms with E-state index in [9.17, 15) is 4.79 Å². The van der Waals surface area contributed by atoms with Crippen LogP contribution in [-0.4, -0.2) is 15.9 Å². The van der Waals surface area contributed by atoms with Gasteiger partial charge in [-0.25, -0.2) is 4.98 Å². The van der Waals surface area contributed by atoms with Gasteiger partial charge in [0.15, 0.2) is 5.16 Å². The number of aromatic amines is 1. The molecule has 0 atom stereocenters. The van der Waals surface area contributed by atoms with Gasteiger partial charge in [-0.2, -0.15) is 0 Å². The topological polar surface area (TPSA) is 97.8 Å². The van der Waals surface area contributed by atoms with Crippen LogP contribution in [0.1, 0.15) is 10.4 Å². The van der Waals surface area contributed by atoms with Gasteiger partial charge in [0.05, 0.1) is 21.5 Å². The largest absolute Gasteiger partial charge is 0.398 e. The Bertz CT molecular complexity index is 764. The van der Waals surface area contributed by atoms with Crippen molar-refractivity contribution < 1.29 is 4.79 Å². The first-order valence-corrected chi connectivity index (χ1v) is 6.77. The van der Waals surface area contributed by atoms with Crippen molar-refractivity contribution in [2.24, 2.45) is 5.73 Å². The molecule has 0 aliphatic carbocycles. The molecule has 20 heavy (non-hydrogen) atoms. The number of imidazole rings is 1. The maximum atomic E-state index is 11.5. The maximum Gasteiger partial charge on any atom is 0.249 e. The second kappa shape index (κ2) is 4.90. The molecule has 3 rings (SSSR count). The standard InChI is InChI=1S/C14H12N4OS/c15-9-5-3-4-8(13(16)19)12(9)20-14-17-10-6-1-2-7-11(10)18-14/h1-7H,15H2,(H2,16,19)(H,17,18). The van der Waals surface area contributed by atoms with Gasteiger partial charge in [-0.15, -0.1) is 0 Å². The summed E-state index contributed by atoms with van der Waals surface area (Å²) in [5, 5.41) is 0.673. The first-order valence-electron chi connectivity index (χ1n) is 5.96. The molecule has 0 aliphatic rings. The van der Waals surface area contributed by atoms with Crippen LogP contribution in [0, 0.1) is 0 Å². The summed E-state index contributed by atoms with van der Waals surface area (Å²) in [6.07, 6.45) is 0. The summed E-state index contributed by atoms with van der Waals surface area (Å²) in [4.78, 5) is 19.7. The van der Waals surface area contributed by atoms with Crippen LogP contribution < -0.4 is 11.5 Å². The fourth-order valence-electron chi connectivity index (χ4n) is 1.94. The fourth-order valence-corrected chi connectivity index (χ4v) is 2.90. The van der Waals surface area contributed by atoms with Crippen molar-refractivity contribution in [1.82, 2.24) is 9.97 Å².